The predicted octanol–water partition coefficient (Wildman–Crippen LogP) is 3.81. The van der Waals surface area contributed by atoms with E-state index in [2.05, 4.69) is 11.4 Å². The summed E-state index contributed by atoms with van der Waals surface area (Å²) in [5.74, 6) is -0.346. The molecule has 0 saturated carbocycles. The van der Waals surface area contributed by atoms with E-state index < -0.39 is 0 Å². The predicted molar refractivity (Wildman–Crippen MR) is 86.0 cm³/mol. The van der Waals surface area contributed by atoms with Gasteiger partial charge in [-0.1, -0.05) is 6.07 Å². The van der Waals surface area contributed by atoms with Gasteiger partial charge >= 0.3 is 5.97 Å². The Morgan fingerprint density at radius 1 is 1.14 bits per heavy atom. The molecule has 0 unspecified atom stereocenters. The quantitative estimate of drug-likeness (QED) is 0.662. The molecule has 110 valence electrons. The third kappa shape index (κ3) is 3.75. The molecule has 0 saturated heterocycles. The number of carbonyl (C=O) groups is 1. The van der Waals surface area contributed by atoms with Gasteiger partial charge in [-0.15, -0.1) is 0 Å². The van der Waals surface area contributed by atoms with Crippen LogP contribution in [0.5, 0.6) is 0 Å². The average molecular weight is 284 g/mol. The van der Waals surface area contributed by atoms with Crippen LogP contribution in [0.25, 0.3) is 0 Å². The number of benzene rings is 2. The van der Waals surface area contributed by atoms with Gasteiger partial charge in [0.2, 0.25) is 0 Å². The number of aryl methyl sites for hydroxylation is 2. The van der Waals surface area contributed by atoms with E-state index in [-0.39, 0.29) is 5.97 Å². The van der Waals surface area contributed by atoms with E-state index in [4.69, 9.17) is 10.5 Å². The third-order valence-electron chi connectivity index (χ3n) is 3.07. The molecule has 3 N–H and O–H groups in total. The van der Waals surface area contributed by atoms with E-state index in [1.54, 1.807) is 25.1 Å². The van der Waals surface area contributed by atoms with Crippen LogP contribution in [-0.4, -0.2) is 12.6 Å². The summed E-state index contributed by atoms with van der Waals surface area (Å²) in [6.07, 6.45) is 0. The molecule has 2 aromatic rings. The largest absolute Gasteiger partial charge is 0.462 e. The summed E-state index contributed by atoms with van der Waals surface area (Å²) in [7, 11) is 0. The Bertz CT molecular complexity index is 646. The molecule has 0 amide bonds. The monoisotopic (exact) mass is 284 g/mol. The fraction of sp³-hybridized carbons (Fsp3) is 0.235. The van der Waals surface area contributed by atoms with Crippen molar-refractivity contribution in [3.05, 3.63) is 53.1 Å². The second-order valence-corrected chi connectivity index (χ2v) is 5.02. The minimum absolute atomic E-state index is 0.346. The Morgan fingerprint density at radius 3 is 2.43 bits per heavy atom. The number of nitrogens with one attached hydrogen (secondary N) is 1. The number of nitrogen functional groups attached to an aromatic ring is 1. The normalized spacial score (nSPS) is 10.2. The van der Waals surface area contributed by atoms with Gasteiger partial charge in [0, 0.05) is 5.69 Å². The zero-order valence-corrected chi connectivity index (χ0v) is 12.6. The van der Waals surface area contributed by atoms with Gasteiger partial charge in [-0.25, -0.2) is 4.79 Å². The van der Waals surface area contributed by atoms with Gasteiger partial charge in [0.05, 0.1) is 23.5 Å². The Balaban J connectivity index is 2.30. The molecule has 4 heteroatoms. The number of rotatable bonds is 4. The van der Waals surface area contributed by atoms with Gasteiger partial charge in [-0.05, 0) is 62.2 Å². The maximum absolute atomic E-state index is 11.8. The van der Waals surface area contributed by atoms with Crippen LogP contribution in [-0.2, 0) is 4.74 Å². The van der Waals surface area contributed by atoms with Crippen molar-refractivity contribution in [3.63, 3.8) is 0 Å². The second-order valence-electron chi connectivity index (χ2n) is 5.02. The van der Waals surface area contributed by atoms with E-state index in [9.17, 15) is 4.79 Å². The highest BCUT2D eigenvalue weighted by Crippen LogP contribution is 2.26. The van der Waals surface area contributed by atoms with Crippen LogP contribution in [0, 0.1) is 13.8 Å². The van der Waals surface area contributed by atoms with Crippen molar-refractivity contribution < 1.29 is 9.53 Å². The number of esters is 1. The molecule has 0 spiro atoms. The summed E-state index contributed by atoms with van der Waals surface area (Å²) < 4.78 is 5.00. The Kier molecular flexibility index (Phi) is 4.48. The second kappa shape index (κ2) is 6.31. The van der Waals surface area contributed by atoms with E-state index in [1.807, 2.05) is 26.0 Å². The lowest BCUT2D eigenvalue weighted by Crippen LogP contribution is -2.06. The first-order valence-corrected chi connectivity index (χ1v) is 6.91. The van der Waals surface area contributed by atoms with E-state index in [1.165, 1.54) is 0 Å². The topological polar surface area (TPSA) is 64.3 Å². The molecule has 0 atom stereocenters. The fourth-order valence-corrected chi connectivity index (χ4v) is 2.21. The van der Waals surface area contributed by atoms with Crippen molar-refractivity contribution in [2.75, 3.05) is 17.7 Å². The molecule has 0 heterocycles. The molecule has 0 aliphatic rings. The molecule has 0 aliphatic heterocycles. The van der Waals surface area contributed by atoms with Crippen LogP contribution in [0.15, 0.2) is 36.4 Å². The molecule has 0 aromatic heterocycles. The molecule has 0 fully saturated rings. The number of nitrogens with two attached hydrogens (primary N) is 1. The summed E-state index contributed by atoms with van der Waals surface area (Å²) in [4.78, 5) is 11.8. The van der Waals surface area contributed by atoms with Crippen molar-refractivity contribution in [3.8, 4) is 0 Å². The van der Waals surface area contributed by atoms with Crippen molar-refractivity contribution in [2.45, 2.75) is 20.8 Å². The van der Waals surface area contributed by atoms with E-state index >= 15 is 0 Å². The summed E-state index contributed by atoms with van der Waals surface area (Å²) in [5.41, 5.74) is 11.0. The molecule has 4 nitrogen and oxygen atoms in total. The molecule has 21 heavy (non-hydrogen) atoms. The minimum atomic E-state index is -0.346. The van der Waals surface area contributed by atoms with E-state index in [0.717, 1.165) is 16.8 Å². The van der Waals surface area contributed by atoms with Gasteiger partial charge in [0.15, 0.2) is 0 Å². The molecule has 0 radical (unpaired) electrons. The smallest absolute Gasteiger partial charge is 0.338 e. The average Bonchev–Trinajstić information content (AvgIpc) is 2.40. The molecule has 2 aromatic carbocycles. The Morgan fingerprint density at radius 2 is 1.81 bits per heavy atom. The first-order chi connectivity index (χ1) is 9.99. The van der Waals surface area contributed by atoms with Crippen LogP contribution in [0.1, 0.15) is 28.4 Å². The Hall–Kier alpha value is -2.49. The highest BCUT2D eigenvalue weighted by Gasteiger charge is 2.09. The lowest BCUT2D eigenvalue weighted by atomic mass is 10.1. The molecule has 0 aliphatic carbocycles. The lowest BCUT2D eigenvalue weighted by molar-refractivity contribution is 0.0526. The maximum atomic E-state index is 11.8. The highest BCUT2D eigenvalue weighted by atomic mass is 16.5. The van der Waals surface area contributed by atoms with Crippen molar-refractivity contribution in [1.29, 1.82) is 0 Å². The molecular weight excluding hydrogens is 264 g/mol. The highest BCUT2D eigenvalue weighted by molar-refractivity contribution is 5.92. The fourth-order valence-electron chi connectivity index (χ4n) is 2.21. The molecule has 2 rings (SSSR count). The van der Waals surface area contributed by atoms with E-state index in [0.29, 0.717) is 23.5 Å². The van der Waals surface area contributed by atoms with Crippen molar-refractivity contribution in [1.82, 2.24) is 0 Å². The Labute approximate surface area is 124 Å². The molecule has 0 bridgehead atoms. The van der Waals surface area contributed by atoms with Gasteiger partial charge in [0.1, 0.15) is 0 Å². The molecular formula is C17H20N2O2. The van der Waals surface area contributed by atoms with Crippen LogP contribution < -0.4 is 11.1 Å². The van der Waals surface area contributed by atoms with Crippen LogP contribution >= 0.6 is 0 Å². The van der Waals surface area contributed by atoms with Gasteiger partial charge in [-0.3, -0.25) is 0 Å². The SMILES string of the molecule is CCOC(=O)c1ccc(N)c(Nc2cc(C)cc(C)c2)c1. The van der Waals surface area contributed by atoms with Crippen LogP contribution in [0.4, 0.5) is 17.1 Å². The standard InChI is InChI=1S/C17H20N2O2/c1-4-21-17(20)13-5-6-15(18)16(10-13)19-14-8-11(2)7-12(3)9-14/h5-10,19H,4,18H2,1-3H3. The first-order valence-electron chi connectivity index (χ1n) is 6.91. The van der Waals surface area contributed by atoms with Crippen LogP contribution in [0.2, 0.25) is 0 Å². The summed E-state index contributed by atoms with van der Waals surface area (Å²) in [6, 6.07) is 11.2. The summed E-state index contributed by atoms with van der Waals surface area (Å²) in [5, 5.41) is 3.26. The third-order valence-corrected chi connectivity index (χ3v) is 3.07. The first kappa shape index (κ1) is 14.9. The zero-order chi connectivity index (χ0) is 15.4. The summed E-state index contributed by atoms with van der Waals surface area (Å²) >= 11 is 0. The van der Waals surface area contributed by atoms with Crippen molar-refractivity contribution in [2.24, 2.45) is 0 Å². The van der Waals surface area contributed by atoms with Gasteiger partial charge in [-0.2, -0.15) is 0 Å². The minimum Gasteiger partial charge on any atom is -0.462 e. The van der Waals surface area contributed by atoms with Crippen LogP contribution in [0.3, 0.4) is 0 Å². The van der Waals surface area contributed by atoms with Gasteiger partial charge < -0.3 is 15.8 Å². The van der Waals surface area contributed by atoms with Gasteiger partial charge in [0.25, 0.3) is 0 Å². The zero-order valence-electron chi connectivity index (χ0n) is 12.6. The number of carbonyl (C=O) groups excluding carboxylic acids is 1. The maximum Gasteiger partial charge on any atom is 0.338 e. The number of ether oxygens (including phenoxy) is 1. The number of anilines is 3. The number of hydrogen-bond donors (Lipinski definition) is 2. The lowest BCUT2D eigenvalue weighted by Gasteiger charge is -2.12. The van der Waals surface area contributed by atoms with Crippen molar-refractivity contribution >= 4 is 23.0 Å². The number of hydrogen-bond acceptors (Lipinski definition) is 4. The summed E-state index contributed by atoms with van der Waals surface area (Å²) in [6.45, 7) is 6.21.